The van der Waals surface area contributed by atoms with Crippen molar-refractivity contribution in [2.45, 2.75) is 6.04 Å². The first kappa shape index (κ1) is 14.7. The minimum Gasteiger partial charge on any atom is -0.350 e. The monoisotopic (exact) mass is 292 g/mol. The molecule has 0 aliphatic carbocycles. The third-order valence-electron chi connectivity index (χ3n) is 3.04. The Kier molecular flexibility index (Phi) is 4.87. The van der Waals surface area contributed by atoms with Gasteiger partial charge in [0.05, 0.1) is 6.04 Å². The highest BCUT2D eigenvalue weighted by molar-refractivity contribution is 7.10. The second-order valence-electron chi connectivity index (χ2n) is 4.72. The summed E-state index contributed by atoms with van der Waals surface area (Å²) in [6.45, 7) is 0.489. The van der Waals surface area contributed by atoms with E-state index in [-0.39, 0.29) is 11.9 Å². The molecule has 1 aromatic heterocycles. The molecule has 1 amide bonds. The van der Waals surface area contributed by atoms with E-state index in [1.807, 2.05) is 31.6 Å². The van der Waals surface area contributed by atoms with Crippen LogP contribution in [-0.4, -0.2) is 31.4 Å². The molecule has 106 valence electrons. The lowest BCUT2D eigenvalue weighted by Gasteiger charge is -2.23. The van der Waals surface area contributed by atoms with E-state index in [9.17, 15) is 9.18 Å². The summed E-state index contributed by atoms with van der Waals surface area (Å²) in [5, 5.41) is 4.87. The van der Waals surface area contributed by atoms with Crippen LogP contribution in [0.25, 0.3) is 0 Å². The summed E-state index contributed by atoms with van der Waals surface area (Å²) in [5.74, 6) is -0.659. The smallest absolute Gasteiger partial charge is 0.251 e. The van der Waals surface area contributed by atoms with Crippen LogP contribution >= 0.6 is 11.3 Å². The number of halogens is 1. The van der Waals surface area contributed by atoms with Gasteiger partial charge in [-0.3, -0.25) is 4.79 Å². The van der Waals surface area contributed by atoms with Crippen LogP contribution in [0.3, 0.4) is 0 Å². The van der Waals surface area contributed by atoms with Gasteiger partial charge in [-0.15, -0.1) is 11.3 Å². The summed E-state index contributed by atoms with van der Waals surface area (Å²) >= 11 is 1.66. The van der Waals surface area contributed by atoms with Crippen LogP contribution < -0.4 is 5.32 Å². The first-order valence-electron chi connectivity index (χ1n) is 6.31. The Morgan fingerprint density at radius 1 is 1.35 bits per heavy atom. The highest BCUT2D eigenvalue weighted by atomic mass is 32.1. The quantitative estimate of drug-likeness (QED) is 0.919. The van der Waals surface area contributed by atoms with Gasteiger partial charge in [-0.05, 0) is 43.7 Å². The number of amides is 1. The molecule has 1 atom stereocenters. The van der Waals surface area contributed by atoms with Crippen molar-refractivity contribution in [3.63, 3.8) is 0 Å². The van der Waals surface area contributed by atoms with E-state index < -0.39 is 5.82 Å². The van der Waals surface area contributed by atoms with Gasteiger partial charge in [-0.1, -0.05) is 12.1 Å². The molecule has 0 fully saturated rings. The first-order chi connectivity index (χ1) is 9.58. The van der Waals surface area contributed by atoms with Crippen molar-refractivity contribution in [1.82, 2.24) is 10.2 Å². The topological polar surface area (TPSA) is 32.3 Å². The third kappa shape index (κ3) is 3.65. The predicted molar refractivity (Wildman–Crippen MR) is 79.5 cm³/mol. The standard InChI is InChI=1S/C15H17FN2OS/c1-18(2)13(14-7-4-8-20-14)10-17-15(19)11-5-3-6-12(16)9-11/h3-9,13H,10H2,1-2H3,(H,17,19). The van der Waals surface area contributed by atoms with Crippen LogP contribution in [0.2, 0.25) is 0 Å². The largest absolute Gasteiger partial charge is 0.350 e. The van der Waals surface area contributed by atoms with E-state index in [0.717, 1.165) is 0 Å². The van der Waals surface area contributed by atoms with Gasteiger partial charge < -0.3 is 10.2 Å². The van der Waals surface area contributed by atoms with Gasteiger partial charge in [0.2, 0.25) is 0 Å². The summed E-state index contributed by atoms with van der Waals surface area (Å²) in [6, 6.07) is 9.86. The van der Waals surface area contributed by atoms with Crippen molar-refractivity contribution in [3.8, 4) is 0 Å². The molecule has 3 nitrogen and oxygen atoms in total. The third-order valence-corrected chi connectivity index (χ3v) is 4.01. The molecular formula is C15H17FN2OS. The Morgan fingerprint density at radius 3 is 2.75 bits per heavy atom. The molecule has 0 saturated heterocycles. The minimum atomic E-state index is -0.403. The molecule has 1 aromatic carbocycles. The summed E-state index contributed by atoms with van der Waals surface area (Å²) < 4.78 is 13.1. The maximum atomic E-state index is 13.1. The summed E-state index contributed by atoms with van der Waals surface area (Å²) in [7, 11) is 3.94. The number of benzene rings is 1. The molecule has 0 radical (unpaired) electrons. The van der Waals surface area contributed by atoms with Gasteiger partial charge in [0.25, 0.3) is 5.91 Å². The molecule has 2 aromatic rings. The molecule has 0 aliphatic heterocycles. The summed E-state index contributed by atoms with van der Waals surface area (Å²) in [6.07, 6.45) is 0. The van der Waals surface area contributed by atoms with Crippen molar-refractivity contribution in [1.29, 1.82) is 0 Å². The summed E-state index contributed by atoms with van der Waals surface area (Å²) in [4.78, 5) is 15.2. The lowest BCUT2D eigenvalue weighted by molar-refractivity contribution is 0.0942. The van der Waals surface area contributed by atoms with Gasteiger partial charge in [-0.25, -0.2) is 4.39 Å². The number of nitrogens with one attached hydrogen (secondary N) is 1. The number of hydrogen-bond acceptors (Lipinski definition) is 3. The van der Waals surface area contributed by atoms with Crippen LogP contribution in [0.15, 0.2) is 41.8 Å². The molecule has 20 heavy (non-hydrogen) atoms. The number of nitrogens with zero attached hydrogens (tertiary/aromatic N) is 1. The Labute approximate surface area is 122 Å². The highest BCUT2D eigenvalue weighted by Crippen LogP contribution is 2.22. The minimum absolute atomic E-state index is 0.118. The average molecular weight is 292 g/mol. The lowest BCUT2D eigenvalue weighted by atomic mass is 10.2. The van der Waals surface area contributed by atoms with Crippen LogP contribution in [-0.2, 0) is 0 Å². The van der Waals surface area contributed by atoms with Crippen LogP contribution in [0, 0.1) is 5.82 Å². The zero-order valence-electron chi connectivity index (χ0n) is 11.5. The molecule has 1 N–H and O–H groups in total. The fraction of sp³-hybridized carbons (Fsp3) is 0.267. The van der Waals surface area contributed by atoms with E-state index in [0.29, 0.717) is 12.1 Å². The zero-order valence-corrected chi connectivity index (χ0v) is 12.3. The van der Waals surface area contributed by atoms with Crippen LogP contribution in [0.1, 0.15) is 21.3 Å². The maximum Gasteiger partial charge on any atom is 0.251 e. The van der Waals surface area contributed by atoms with Gasteiger partial charge >= 0.3 is 0 Å². The fourth-order valence-corrected chi connectivity index (χ4v) is 2.86. The van der Waals surface area contributed by atoms with E-state index in [1.165, 1.54) is 23.1 Å². The van der Waals surface area contributed by atoms with Crippen LogP contribution in [0.4, 0.5) is 4.39 Å². The SMILES string of the molecule is CN(C)C(CNC(=O)c1cccc(F)c1)c1cccs1. The second kappa shape index (κ2) is 6.63. The molecule has 0 spiro atoms. The Morgan fingerprint density at radius 2 is 2.15 bits per heavy atom. The highest BCUT2D eigenvalue weighted by Gasteiger charge is 2.16. The average Bonchev–Trinajstić information content (AvgIpc) is 2.92. The molecule has 0 saturated carbocycles. The number of thiophene rings is 1. The molecule has 0 aliphatic rings. The van der Waals surface area contributed by atoms with Crippen LogP contribution in [0.5, 0.6) is 0 Å². The second-order valence-corrected chi connectivity index (χ2v) is 5.69. The van der Waals surface area contributed by atoms with Crippen molar-refractivity contribution >= 4 is 17.2 Å². The van der Waals surface area contributed by atoms with E-state index in [1.54, 1.807) is 17.4 Å². The van der Waals surface area contributed by atoms with Gasteiger partial charge in [0.15, 0.2) is 0 Å². The van der Waals surface area contributed by atoms with Crippen molar-refractivity contribution in [2.24, 2.45) is 0 Å². The molecule has 1 heterocycles. The van der Waals surface area contributed by atoms with Gasteiger partial charge in [-0.2, -0.15) is 0 Å². The fourth-order valence-electron chi connectivity index (χ4n) is 1.94. The van der Waals surface area contributed by atoms with Crippen molar-refractivity contribution < 1.29 is 9.18 Å². The van der Waals surface area contributed by atoms with Gasteiger partial charge in [0, 0.05) is 17.0 Å². The number of hydrogen-bond donors (Lipinski definition) is 1. The lowest BCUT2D eigenvalue weighted by Crippen LogP contribution is -2.34. The van der Waals surface area contributed by atoms with Gasteiger partial charge in [0.1, 0.15) is 5.82 Å². The molecular weight excluding hydrogens is 275 g/mol. The Hall–Kier alpha value is -1.72. The Balaban J connectivity index is 2.01. The molecule has 5 heteroatoms. The van der Waals surface area contributed by atoms with Crippen molar-refractivity contribution in [3.05, 3.63) is 58.0 Å². The van der Waals surface area contributed by atoms with E-state index in [2.05, 4.69) is 10.2 Å². The molecule has 2 rings (SSSR count). The number of carbonyl (C=O) groups excluding carboxylic acids is 1. The summed E-state index contributed by atoms with van der Waals surface area (Å²) in [5.41, 5.74) is 0.341. The Bertz CT molecular complexity index is 569. The van der Waals surface area contributed by atoms with Crippen molar-refractivity contribution in [2.75, 3.05) is 20.6 Å². The van der Waals surface area contributed by atoms with E-state index >= 15 is 0 Å². The normalized spacial score (nSPS) is 12.4. The zero-order chi connectivity index (χ0) is 14.5. The number of rotatable bonds is 5. The number of likely N-dealkylation sites (N-methyl/N-ethyl adjacent to an activating group) is 1. The van der Waals surface area contributed by atoms with E-state index in [4.69, 9.17) is 0 Å². The maximum absolute atomic E-state index is 13.1. The predicted octanol–water partition coefficient (Wildman–Crippen LogP) is 2.92. The number of carbonyl (C=O) groups is 1. The molecule has 1 unspecified atom stereocenters. The molecule has 0 bridgehead atoms. The first-order valence-corrected chi connectivity index (χ1v) is 7.19.